The Labute approximate surface area is 163 Å². The largest absolute Gasteiger partial charge is 0.348 e. The lowest BCUT2D eigenvalue weighted by Gasteiger charge is -2.23. The maximum Gasteiger partial charge on any atom is 0.254 e. The number of nitrogens with one attached hydrogen (secondary N) is 2. The minimum atomic E-state index is -0.615. The predicted molar refractivity (Wildman–Crippen MR) is 106 cm³/mol. The average molecular weight is 375 g/mol. The van der Waals surface area contributed by atoms with Gasteiger partial charge in [0.25, 0.3) is 5.91 Å². The first-order valence-electron chi connectivity index (χ1n) is 9.27. The summed E-state index contributed by atoms with van der Waals surface area (Å²) in [4.78, 5) is 39.1. The number of carbonyl (C=O) groups is 3. The molecule has 2 aromatic rings. The quantitative estimate of drug-likeness (QED) is 0.806. The first-order valence-corrected chi connectivity index (χ1v) is 9.27. The van der Waals surface area contributed by atoms with Gasteiger partial charge in [0, 0.05) is 19.0 Å². The second kappa shape index (κ2) is 7.31. The van der Waals surface area contributed by atoms with E-state index in [1.807, 2.05) is 42.5 Å². The van der Waals surface area contributed by atoms with Gasteiger partial charge < -0.3 is 15.5 Å². The van der Waals surface area contributed by atoms with Crippen LogP contribution in [0.1, 0.15) is 33.8 Å². The van der Waals surface area contributed by atoms with Crippen molar-refractivity contribution in [3.63, 3.8) is 0 Å². The Morgan fingerprint density at radius 1 is 1.14 bits per heavy atom. The molecule has 28 heavy (non-hydrogen) atoms. The van der Waals surface area contributed by atoms with Crippen molar-refractivity contribution in [2.45, 2.75) is 24.9 Å². The number of nitrogens with zero attached hydrogens (tertiary/aromatic N) is 1. The fourth-order valence-electron chi connectivity index (χ4n) is 4.01. The Morgan fingerprint density at radius 3 is 2.68 bits per heavy atom. The number of rotatable bonds is 4. The molecular formula is C22H21N3O3. The first kappa shape index (κ1) is 18.0. The summed E-state index contributed by atoms with van der Waals surface area (Å²) in [5, 5.41) is 5.63. The van der Waals surface area contributed by atoms with Gasteiger partial charge in [-0.05, 0) is 29.7 Å². The maximum atomic E-state index is 13.1. The van der Waals surface area contributed by atoms with E-state index < -0.39 is 6.04 Å². The van der Waals surface area contributed by atoms with Gasteiger partial charge in [0.05, 0.1) is 11.3 Å². The van der Waals surface area contributed by atoms with Crippen LogP contribution in [0.25, 0.3) is 0 Å². The van der Waals surface area contributed by atoms with E-state index in [1.54, 1.807) is 11.0 Å². The van der Waals surface area contributed by atoms with Crippen molar-refractivity contribution in [2.75, 3.05) is 11.9 Å². The summed E-state index contributed by atoms with van der Waals surface area (Å²) in [6.07, 6.45) is 1.76. The van der Waals surface area contributed by atoms with Gasteiger partial charge in [0.2, 0.25) is 11.8 Å². The highest BCUT2D eigenvalue weighted by molar-refractivity contribution is 6.08. The van der Waals surface area contributed by atoms with Crippen LogP contribution in [0.5, 0.6) is 0 Å². The molecular weight excluding hydrogens is 354 g/mol. The molecule has 0 saturated carbocycles. The van der Waals surface area contributed by atoms with Gasteiger partial charge in [-0.3, -0.25) is 14.4 Å². The van der Waals surface area contributed by atoms with Crippen LogP contribution in [-0.4, -0.2) is 35.2 Å². The SMILES string of the molecule is C=CC(=O)N1C[C@H](c2ccccc2)C[C@H]1C(=O)Nc1cccc2c1C(=O)NC2. The second-order valence-corrected chi connectivity index (χ2v) is 7.07. The van der Waals surface area contributed by atoms with Gasteiger partial charge in [0.15, 0.2) is 0 Å². The van der Waals surface area contributed by atoms with Gasteiger partial charge in [-0.25, -0.2) is 0 Å². The lowest BCUT2D eigenvalue weighted by molar-refractivity contribution is -0.132. The summed E-state index contributed by atoms with van der Waals surface area (Å²) in [5.74, 6) is -0.680. The molecule has 142 valence electrons. The second-order valence-electron chi connectivity index (χ2n) is 7.07. The number of amides is 3. The van der Waals surface area contributed by atoms with E-state index >= 15 is 0 Å². The fraction of sp³-hybridized carbons (Fsp3) is 0.227. The van der Waals surface area contributed by atoms with E-state index in [-0.39, 0.29) is 23.6 Å². The van der Waals surface area contributed by atoms with Crippen LogP contribution in [0.3, 0.4) is 0 Å². The van der Waals surface area contributed by atoms with E-state index in [4.69, 9.17) is 0 Å². The van der Waals surface area contributed by atoms with Crippen molar-refractivity contribution in [3.8, 4) is 0 Å². The minimum Gasteiger partial charge on any atom is -0.348 e. The van der Waals surface area contributed by atoms with E-state index in [1.165, 1.54) is 6.08 Å². The average Bonchev–Trinajstić information content (AvgIpc) is 3.33. The van der Waals surface area contributed by atoms with Crippen LogP contribution < -0.4 is 10.6 Å². The summed E-state index contributed by atoms with van der Waals surface area (Å²) in [6.45, 7) is 4.48. The van der Waals surface area contributed by atoms with Crippen molar-refractivity contribution in [1.82, 2.24) is 10.2 Å². The van der Waals surface area contributed by atoms with Gasteiger partial charge in [-0.1, -0.05) is 49.0 Å². The molecule has 3 amide bonds. The highest BCUT2D eigenvalue weighted by Gasteiger charge is 2.39. The molecule has 6 nitrogen and oxygen atoms in total. The van der Waals surface area contributed by atoms with Crippen LogP contribution in [-0.2, 0) is 16.1 Å². The molecule has 2 atom stereocenters. The highest BCUT2D eigenvalue weighted by Crippen LogP contribution is 2.33. The third-order valence-electron chi connectivity index (χ3n) is 5.41. The lowest BCUT2D eigenvalue weighted by atomic mass is 9.96. The fourth-order valence-corrected chi connectivity index (χ4v) is 4.01. The molecule has 2 aromatic carbocycles. The first-order chi connectivity index (χ1) is 13.6. The molecule has 2 aliphatic heterocycles. The Kier molecular flexibility index (Phi) is 4.69. The molecule has 1 saturated heterocycles. The lowest BCUT2D eigenvalue weighted by Crippen LogP contribution is -2.42. The summed E-state index contributed by atoms with van der Waals surface area (Å²) in [5.41, 5.74) is 2.93. The summed E-state index contributed by atoms with van der Waals surface area (Å²) in [6, 6.07) is 14.6. The van der Waals surface area contributed by atoms with Crippen molar-refractivity contribution in [3.05, 3.63) is 77.9 Å². The number of hydrogen-bond donors (Lipinski definition) is 2. The number of hydrogen-bond acceptors (Lipinski definition) is 3. The molecule has 0 bridgehead atoms. The van der Waals surface area contributed by atoms with Crippen LogP contribution in [0, 0.1) is 0 Å². The van der Waals surface area contributed by atoms with E-state index in [0.29, 0.717) is 30.8 Å². The Morgan fingerprint density at radius 2 is 1.93 bits per heavy atom. The minimum absolute atomic E-state index is 0.0747. The van der Waals surface area contributed by atoms with Gasteiger partial charge in [-0.15, -0.1) is 0 Å². The predicted octanol–water partition coefficient (Wildman–Crippen LogP) is 2.44. The molecule has 1 fully saturated rings. The molecule has 2 N–H and O–H groups in total. The zero-order chi connectivity index (χ0) is 19.7. The maximum absolute atomic E-state index is 13.1. The van der Waals surface area contributed by atoms with Crippen LogP contribution >= 0.6 is 0 Å². The molecule has 2 aliphatic rings. The number of benzene rings is 2. The molecule has 0 unspecified atom stereocenters. The van der Waals surface area contributed by atoms with Crippen molar-refractivity contribution >= 4 is 23.4 Å². The number of fused-ring (bicyclic) bond motifs is 1. The summed E-state index contributed by atoms with van der Waals surface area (Å²) in [7, 11) is 0. The Hall–Kier alpha value is -3.41. The zero-order valence-corrected chi connectivity index (χ0v) is 15.4. The van der Waals surface area contributed by atoms with Crippen molar-refractivity contribution in [2.24, 2.45) is 0 Å². The van der Waals surface area contributed by atoms with Gasteiger partial charge >= 0.3 is 0 Å². The summed E-state index contributed by atoms with van der Waals surface area (Å²) < 4.78 is 0. The third-order valence-corrected chi connectivity index (χ3v) is 5.41. The summed E-state index contributed by atoms with van der Waals surface area (Å²) >= 11 is 0. The van der Waals surface area contributed by atoms with Gasteiger partial charge in [-0.2, -0.15) is 0 Å². The third kappa shape index (κ3) is 3.17. The van der Waals surface area contributed by atoms with Crippen LogP contribution in [0.4, 0.5) is 5.69 Å². The molecule has 6 heteroatoms. The Balaban J connectivity index is 1.59. The molecule has 2 heterocycles. The topological polar surface area (TPSA) is 78.5 Å². The molecule has 4 rings (SSSR count). The molecule has 0 aromatic heterocycles. The molecule has 0 spiro atoms. The van der Waals surface area contributed by atoms with Crippen LogP contribution in [0.2, 0.25) is 0 Å². The zero-order valence-electron chi connectivity index (χ0n) is 15.4. The number of carbonyl (C=O) groups excluding carboxylic acids is 3. The van der Waals surface area contributed by atoms with Gasteiger partial charge in [0.1, 0.15) is 6.04 Å². The van der Waals surface area contributed by atoms with E-state index in [9.17, 15) is 14.4 Å². The number of anilines is 1. The van der Waals surface area contributed by atoms with Crippen LogP contribution in [0.15, 0.2) is 61.2 Å². The van der Waals surface area contributed by atoms with Crippen molar-refractivity contribution in [1.29, 1.82) is 0 Å². The van der Waals surface area contributed by atoms with Crippen molar-refractivity contribution < 1.29 is 14.4 Å². The highest BCUT2D eigenvalue weighted by atomic mass is 16.2. The van der Waals surface area contributed by atoms with E-state index in [0.717, 1.165) is 11.1 Å². The normalized spacial score (nSPS) is 20.4. The number of likely N-dealkylation sites (tertiary alicyclic amines) is 1. The van der Waals surface area contributed by atoms with E-state index in [2.05, 4.69) is 17.2 Å². The molecule has 0 aliphatic carbocycles. The molecule has 0 radical (unpaired) electrons. The smallest absolute Gasteiger partial charge is 0.254 e. The monoisotopic (exact) mass is 375 g/mol. The standard InChI is InChI=1S/C22H21N3O3/c1-2-19(26)25-13-16(14-7-4-3-5-8-14)11-18(25)21(27)24-17-10-6-9-15-12-23-22(28)20(15)17/h2-10,16,18H,1,11-13H2,(H,23,28)(H,24,27)/t16-,18+/m1/s1. The Bertz CT molecular complexity index is 955.